The third-order valence-corrected chi connectivity index (χ3v) is 3.59. The summed E-state index contributed by atoms with van der Waals surface area (Å²) in [4.78, 5) is 12.0. The minimum Gasteiger partial charge on any atom is -0.497 e. The van der Waals surface area contributed by atoms with Crippen molar-refractivity contribution in [2.45, 2.75) is 13.0 Å². The number of rotatable bonds is 6. The summed E-state index contributed by atoms with van der Waals surface area (Å²) in [6.45, 7) is 2.31. The number of anilines is 1. The van der Waals surface area contributed by atoms with Crippen LogP contribution in [0.4, 0.5) is 10.5 Å². The zero-order valence-corrected chi connectivity index (χ0v) is 13.6. The third-order valence-electron chi connectivity index (χ3n) is 3.59. The number of hydrogen-bond acceptors (Lipinski definition) is 3. The second kappa shape index (κ2) is 8.19. The fraction of sp³-hybridized carbons (Fsp3) is 0.278. The van der Waals surface area contributed by atoms with E-state index in [0.717, 1.165) is 22.6 Å². The molecule has 0 unspecified atom stereocenters. The minimum absolute atomic E-state index is 0.243. The number of hydrogen-bond donors (Lipinski definition) is 2. The van der Waals surface area contributed by atoms with Crippen LogP contribution < -0.4 is 15.4 Å². The predicted molar refractivity (Wildman–Crippen MR) is 90.9 cm³/mol. The summed E-state index contributed by atoms with van der Waals surface area (Å²) in [5.41, 5.74) is 2.75. The first kappa shape index (κ1) is 16.8. The van der Waals surface area contributed by atoms with Crippen molar-refractivity contribution >= 4 is 11.7 Å². The van der Waals surface area contributed by atoms with E-state index in [2.05, 4.69) is 10.6 Å². The highest BCUT2D eigenvalue weighted by Gasteiger charge is 2.13. The van der Waals surface area contributed by atoms with E-state index in [-0.39, 0.29) is 12.1 Å². The fourth-order valence-electron chi connectivity index (χ4n) is 2.24. The number of benzene rings is 2. The summed E-state index contributed by atoms with van der Waals surface area (Å²) >= 11 is 0. The molecule has 0 saturated heterocycles. The highest BCUT2D eigenvalue weighted by atomic mass is 16.5. The van der Waals surface area contributed by atoms with Crippen molar-refractivity contribution < 1.29 is 14.3 Å². The summed E-state index contributed by atoms with van der Waals surface area (Å²) in [5.74, 6) is 0.758. The molecule has 0 fully saturated rings. The van der Waals surface area contributed by atoms with Gasteiger partial charge in [0.25, 0.3) is 0 Å². The standard InChI is InChI=1S/C18H22N2O3/c1-13-7-4-5-10-16(13)20-18(21)19-12-17(23-3)14-8-6-9-15(11-14)22-2/h4-11,17H,12H2,1-3H3,(H2,19,20,21)/t17-/m1/s1. The number of methoxy groups -OCH3 is 2. The molecule has 0 bridgehead atoms. The Bertz CT molecular complexity index is 658. The van der Waals surface area contributed by atoms with Gasteiger partial charge in [-0.2, -0.15) is 0 Å². The van der Waals surface area contributed by atoms with Crippen molar-refractivity contribution in [3.8, 4) is 5.75 Å². The Balaban J connectivity index is 1.94. The van der Waals surface area contributed by atoms with Gasteiger partial charge in [-0.05, 0) is 36.2 Å². The van der Waals surface area contributed by atoms with Crippen LogP contribution in [0.5, 0.6) is 5.75 Å². The van der Waals surface area contributed by atoms with E-state index in [1.54, 1.807) is 14.2 Å². The quantitative estimate of drug-likeness (QED) is 0.858. The molecule has 2 rings (SSSR count). The molecule has 1 atom stereocenters. The number of nitrogens with one attached hydrogen (secondary N) is 2. The third kappa shape index (κ3) is 4.72. The molecule has 2 aromatic rings. The summed E-state index contributed by atoms with van der Waals surface area (Å²) in [5, 5.41) is 5.66. The molecular formula is C18H22N2O3. The number of carbonyl (C=O) groups is 1. The number of aryl methyl sites for hydroxylation is 1. The Kier molecular flexibility index (Phi) is 6.00. The SMILES string of the molecule is COc1cccc([C@@H](CNC(=O)Nc2ccccc2C)OC)c1. The first-order valence-electron chi connectivity index (χ1n) is 7.41. The number of amides is 2. The van der Waals surface area contributed by atoms with Gasteiger partial charge in [0.15, 0.2) is 0 Å². The molecule has 0 saturated carbocycles. The Morgan fingerprint density at radius 3 is 2.61 bits per heavy atom. The Morgan fingerprint density at radius 1 is 1.13 bits per heavy atom. The molecule has 0 aromatic heterocycles. The molecule has 0 spiro atoms. The number of ether oxygens (including phenoxy) is 2. The van der Waals surface area contributed by atoms with Gasteiger partial charge in [-0.1, -0.05) is 30.3 Å². The van der Waals surface area contributed by atoms with Crippen molar-refractivity contribution in [3.63, 3.8) is 0 Å². The second-order valence-electron chi connectivity index (χ2n) is 5.15. The molecule has 23 heavy (non-hydrogen) atoms. The molecule has 0 radical (unpaired) electrons. The van der Waals surface area contributed by atoms with Crippen LogP contribution in [-0.2, 0) is 4.74 Å². The van der Waals surface area contributed by atoms with Gasteiger partial charge in [-0.15, -0.1) is 0 Å². The number of urea groups is 1. The Hall–Kier alpha value is -2.53. The maximum Gasteiger partial charge on any atom is 0.319 e. The van der Waals surface area contributed by atoms with Crippen molar-refractivity contribution in [2.24, 2.45) is 0 Å². The van der Waals surface area contributed by atoms with Gasteiger partial charge in [-0.25, -0.2) is 4.79 Å². The van der Waals surface area contributed by atoms with E-state index < -0.39 is 0 Å². The summed E-state index contributed by atoms with van der Waals surface area (Å²) in [6, 6.07) is 15.0. The van der Waals surface area contributed by atoms with Crippen LogP contribution >= 0.6 is 0 Å². The molecule has 2 amide bonds. The van der Waals surface area contributed by atoms with E-state index in [1.165, 1.54) is 0 Å². The molecule has 0 aliphatic carbocycles. The number of carbonyl (C=O) groups excluding carboxylic acids is 1. The van der Waals surface area contributed by atoms with E-state index >= 15 is 0 Å². The zero-order valence-electron chi connectivity index (χ0n) is 13.6. The van der Waals surface area contributed by atoms with Gasteiger partial charge >= 0.3 is 6.03 Å². The van der Waals surface area contributed by atoms with Crippen molar-refractivity contribution in [1.29, 1.82) is 0 Å². The molecule has 5 heteroatoms. The monoisotopic (exact) mass is 314 g/mol. The van der Waals surface area contributed by atoms with Crippen LogP contribution in [0, 0.1) is 6.92 Å². The van der Waals surface area contributed by atoms with Crippen molar-refractivity contribution in [2.75, 3.05) is 26.1 Å². The molecule has 2 aromatic carbocycles. The lowest BCUT2D eigenvalue weighted by molar-refractivity contribution is 0.104. The maximum atomic E-state index is 12.0. The number of para-hydroxylation sites is 1. The van der Waals surface area contributed by atoms with Crippen LogP contribution in [0.1, 0.15) is 17.2 Å². The largest absolute Gasteiger partial charge is 0.497 e. The van der Waals surface area contributed by atoms with Gasteiger partial charge in [0.05, 0.1) is 13.2 Å². The summed E-state index contributed by atoms with van der Waals surface area (Å²) in [7, 11) is 3.24. The highest BCUT2D eigenvalue weighted by Crippen LogP contribution is 2.21. The van der Waals surface area contributed by atoms with Gasteiger partial charge in [-0.3, -0.25) is 0 Å². The first-order chi connectivity index (χ1) is 11.1. The molecule has 0 aliphatic rings. The van der Waals surface area contributed by atoms with Crippen molar-refractivity contribution in [3.05, 3.63) is 59.7 Å². The van der Waals surface area contributed by atoms with Crippen LogP contribution in [0.2, 0.25) is 0 Å². The van der Waals surface area contributed by atoms with Crippen LogP contribution in [0.15, 0.2) is 48.5 Å². The topological polar surface area (TPSA) is 59.6 Å². The Labute approximate surface area is 136 Å². The van der Waals surface area contributed by atoms with Gasteiger partial charge in [0.1, 0.15) is 5.75 Å². The second-order valence-corrected chi connectivity index (χ2v) is 5.15. The molecule has 122 valence electrons. The molecule has 2 N–H and O–H groups in total. The molecule has 5 nitrogen and oxygen atoms in total. The van der Waals surface area contributed by atoms with Gasteiger partial charge < -0.3 is 20.1 Å². The lowest BCUT2D eigenvalue weighted by atomic mass is 10.1. The Morgan fingerprint density at radius 2 is 1.91 bits per heavy atom. The lowest BCUT2D eigenvalue weighted by Gasteiger charge is -2.18. The van der Waals surface area contributed by atoms with E-state index in [4.69, 9.17) is 9.47 Å². The lowest BCUT2D eigenvalue weighted by Crippen LogP contribution is -2.33. The fourth-order valence-corrected chi connectivity index (χ4v) is 2.24. The van der Waals surface area contributed by atoms with E-state index in [9.17, 15) is 4.79 Å². The van der Waals surface area contributed by atoms with Gasteiger partial charge in [0, 0.05) is 19.3 Å². The van der Waals surface area contributed by atoms with E-state index in [1.807, 2.05) is 55.5 Å². The summed E-state index contributed by atoms with van der Waals surface area (Å²) < 4.78 is 10.7. The average Bonchev–Trinajstić information content (AvgIpc) is 2.58. The van der Waals surface area contributed by atoms with Crippen LogP contribution in [0.3, 0.4) is 0 Å². The smallest absolute Gasteiger partial charge is 0.319 e. The van der Waals surface area contributed by atoms with E-state index in [0.29, 0.717) is 6.54 Å². The predicted octanol–water partition coefficient (Wildman–Crippen LogP) is 3.51. The summed E-state index contributed by atoms with van der Waals surface area (Å²) in [6.07, 6.45) is -0.243. The molecular weight excluding hydrogens is 292 g/mol. The van der Waals surface area contributed by atoms with Crippen molar-refractivity contribution in [1.82, 2.24) is 5.32 Å². The zero-order chi connectivity index (χ0) is 16.7. The highest BCUT2D eigenvalue weighted by molar-refractivity contribution is 5.90. The van der Waals surface area contributed by atoms with Gasteiger partial charge in [0.2, 0.25) is 0 Å². The molecule has 0 aliphatic heterocycles. The average molecular weight is 314 g/mol. The van der Waals surface area contributed by atoms with Crippen LogP contribution in [-0.4, -0.2) is 26.8 Å². The maximum absolute atomic E-state index is 12.0. The molecule has 0 heterocycles. The minimum atomic E-state index is -0.260. The van der Waals surface area contributed by atoms with Crippen LogP contribution in [0.25, 0.3) is 0 Å². The normalized spacial score (nSPS) is 11.6. The first-order valence-corrected chi connectivity index (χ1v) is 7.41.